The highest BCUT2D eigenvalue weighted by Crippen LogP contribution is 2.10. The van der Waals surface area contributed by atoms with Crippen LogP contribution in [0.25, 0.3) is 0 Å². The van der Waals surface area contributed by atoms with E-state index < -0.39 is 0 Å². The molecule has 0 spiro atoms. The molecule has 0 rings (SSSR count). The van der Waals surface area contributed by atoms with E-state index in [0.717, 1.165) is 51.8 Å². The van der Waals surface area contributed by atoms with Gasteiger partial charge in [0.1, 0.15) is 0 Å². The van der Waals surface area contributed by atoms with Gasteiger partial charge in [0.15, 0.2) is 5.96 Å². The van der Waals surface area contributed by atoms with Crippen LogP contribution in [0.5, 0.6) is 0 Å². The fourth-order valence-electron chi connectivity index (χ4n) is 2.41. The highest BCUT2D eigenvalue weighted by atomic mass is 127. The Morgan fingerprint density at radius 3 is 2.29 bits per heavy atom. The second-order valence-electron chi connectivity index (χ2n) is 5.77. The van der Waals surface area contributed by atoms with Crippen LogP contribution in [0.4, 0.5) is 0 Å². The largest absolute Gasteiger partial charge is 0.382 e. The average Bonchev–Trinajstić information content (AvgIpc) is 2.53. The molecule has 0 aliphatic carbocycles. The first-order valence-corrected chi connectivity index (χ1v) is 8.58. The van der Waals surface area contributed by atoms with Crippen molar-refractivity contribution in [2.45, 2.75) is 33.2 Å². The number of ether oxygens (including phenoxy) is 1. The van der Waals surface area contributed by atoms with Crippen LogP contribution >= 0.6 is 24.0 Å². The van der Waals surface area contributed by atoms with Gasteiger partial charge in [-0.05, 0) is 19.3 Å². The number of guanidine groups is 1. The molecule has 0 aromatic heterocycles. The molecule has 0 amide bonds. The summed E-state index contributed by atoms with van der Waals surface area (Å²) in [5.41, 5.74) is 0. The standard InChI is InChI=1S/C18H36N4O.HI/c1-7-12-22(13-8-2)17(16(4)5)15-21-18(19-6)20-11-10-14-23-9-3;/h7-8,16-17H,1-2,9-15H2,3-6H3,(H2,19,20,21);1H. The van der Waals surface area contributed by atoms with E-state index in [2.05, 4.69) is 47.5 Å². The fraction of sp³-hybridized carbons (Fsp3) is 0.722. The van der Waals surface area contributed by atoms with Crippen LogP contribution in [0, 0.1) is 5.92 Å². The van der Waals surface area contributed by atoms with Crippen molar-refractivity contribution in [1.82, 2.24) is 15.5 Å². The van der Waals surface area contributed by atoms with E-state index in [4.69, 9.17) is 4.74 Å². The van der Waals surface area contributed by atoms with Gasteiger partial charge < -0.3 is 15.4 Å². The lowest BCUT2D eigenvalue weighted by Crippen LogP contribution is -2.49. The molecule has 24 heavy (non-hydrogen) atoms. The lowest BCUT2D eigenvalue weighted by Gasteiger charge is -2.33. The minimum absolute atomic E-state index is 0. The Bertz CT molecular complexity index is 338. The zero-order valence-corrected chi connectivity index (χ0v) is 18.2. The number of nitrogens with zero attached hydrogens (tertiary/aromatic N) is 2. The van der Waals surface area contributed by atoms with E-state index in [9.17, 15) is 0 Å². The third-order valence-electron chi connectivity index (χ3n) is 3.63. The molecule has 5 nitrogen and oxygen atoms in total. The topological polar surface area (TPSA) is 48.9 Å². The predicted octanol–water partition coefficient (Wildman–Crippen LogP) is 2.89. The Kier molecular flexibility index (Phi) is 18.4. The molecule has 0 heterocycles. The second-order valence-corrected chi connectivity index (χ2v) is 5.77. The molecule has 0 aromatic carbocycles. The van der Waals surface area contributed by atoms with Crippen molar-refractivity contribution >= 4 is 29.9 Å². The van der Waals surface area contributed by atoms with E-state index in [1.807, 2.05) is 19.1 Å². The molecule has 6 heteroatoms. The van der Waals surface area contributed by atoms with Crippen LogP contribution < -0.4 is 10.6 Å². The molecule has 1 unspecified atom stereocenters. The maximum absolute atomic E-state index is 5.34. The molecule has 0 radical (unpaired) electrons. The highest BCUT2D eigenvalue weighted by Gasteiger charge is 2.20. The zero-order chi connectivity index (χ0) is 17.5. The summed E-state index contributed by atoms with van der Waals surface area (Å²) in [5, 5.41) is 6.75. The molecule has 1 atom stereocenters. The van der Waals surface area contributed by atoms with Crippen molar-refractivity contribution in [2.24, 2.45) is 10.9 Å². The molecule has 142 valence electrons. The first-order chi connectivity index (χ1) is 11.1. The van der Waals surface area contributed by atoms with Gasteiger partial charge >= 0.3 is 0 Å². The van der Waals surface area contributed by atoms with Crippen LogP contribution in [-0.2, 0) is 4.74 Å². The van der Waals surface area contributed by atoms with E-state index in [1.54, 1.807) is 7.05 Å². The Morgan fingerprint density at radius 1 is 1.21 bits per heavy atom. The van der Waals surface area contributed by atoms with Gasteiger partial charge in [-0.3, -0.25) is 9.89 Å². The molecule has 0 aromatic rings. The van der Waals surface area contributed by atoms with Crippen LogP contribution in [0.1, 0.15) is 27.2 Å². The lowest BCUT2D eigenvalue weighted by atomic mass is 10.0. The molecule has 0 fully saturated rings. The summed E-state index contributed by atoms with van der Waals surface area (Å²) >= 11 is 0. The Balaban J connectivity index is 0. The van der Waals surface area contributed by atoms with Crippen molar-refractivity contribution in [3.05, 3.63) is 25.3 Å². The number of hydrogen-bond acceptors (Lipinski definition) is 3. The third kappa shape index (κ3) is 11.9. The second kappa shape index (κ2) is 17.2. The van der Waals surface area contributed by atoms with E-state index in [1.165, 1.54) is 0 Å². The minimum atomic E-state index is 0. The SMILES string of the molecule is C=CCN(CC=C)C(CNC(=NC)NCCCOCC)C(C)C.I. The Morgan fingerprint density at radius 2 is 1.83 bits per heavy atom. The third-order valence-corrected chi connectivity index (χ3v) is 3.63. The summed E-state index contributed by atoms with van der Waals surface area (Å²) in [4.78, 5) is 6.66. The van der Waals surface area contributed by atoms with E-state index >= 15 is 0 Å². The summed E-state index contributed by atoms with van der Waals surface area (Å²) in [6, 6.07) is 0.396. The van der Waals surface area contributed by atoms with E-state index in [-0.39, 0.29) is 24.0 Å². The number of halogens is 1. The van der Waals surface area contributed by atoms with Crippen LogP contribution in [0.3, 0.4) is 0 Å². The van der Waals surface area contributed by atoms with Gasteiger partial charge in [0, 0.05) is 52.5 Å². The first-order valence-electron chi connectivity index (χ1n) is 8.58. The van der Waals surface area contributed by atoms with Gasteiger partial charge in [0.25, 0.3) is 0 Å². The Labute approximate surface area is 166 Å². The smallest absolute Gasteiger partial charge is 0.191 e. The maximum atomic E-state index is 5.34. The van der Waals surface area contributed by atoms with Crippen molar-refractivity contribution in [3.8, 4) is 0 Å². The van der Waals surface area contributed by atoms with Gasteiger partial charge in [-0.1, -0.05) is 26.0 Å². The fourth-order valence-corrected chi connectivity index (χ4v) is 2.41. The van der Waals surface area contributed by atoms with Crippen molar-refractivity contribution in [2.75, 3.05) is 46.4 Å². The normalized spacial score (nSPS) is 12.7. The number of hydrogen-bond donors (Lipinski definition) is 2. The molecular weight excluding hydrogens is 415 g/mol. The molecule has 0 saturated heterocycles. The van der Waals surface area contributed by atoms with Gasteiger partial charge in [0.05, 0.1) is 0 Å². The number of rotatable bonds is 13. The van der Waals surface area contributed by atoms with Crippen molar-refractivity contribution in [1.29, 1.82) is 0 Å². The minimum Gasteiger partial charge on any atom is -0.382 e. The van der Waals surface area contributed by atoms with Crippen molar-refractivity contribution in [3.63, 3.8) is 0 Å². The predicted molar refractivity (Wildman–Crippen MR) is 116 cm³/mol. The number of nitrogens with one attached hydrogen (secondary N) is 2. The molecule has 0 aliphatic rings. The summed E-state index contributed by atoms with van der Waals surface area (Å²) in [5.74, 6) is 1.36. The quantitative estimate of drug-likeness (QED) is 0.148. The van der Waals surface area contributed by atoms with Crippen molar-refractivity contribution < 1.29 is 4.74 Å². The molecule has 0 saturated carbocycles. The highest BCUT2D eigenvalue weighted by molar-refractivity contribution is 14.0. The summed E-state index contributed by atoms with van der Waals surface area (Å²) in [6.07, 6.45) is 4.86. The molecule has 0 aliphatic heterocycles. The zero-order valence-electron chi connectivity index (χ0n) is 15.9. The summed E-state index contributed by atoms with van der Waals surface area (Å²) in [6.45, 7) is 19.2. The molecule has 0 bridgehead atoms. The first kappa shape index (κ1) is 25.6. The summed E-state index contributed by atoms with van der Waals surface area (Å²) < 4.78 is 5.34. The maximum Gasteiger partial charge on any atom is 0.191 e. The molecular formula is C18H37IN4O. The Hall–Kier alpha value is -0.600. The monoisotopic (exact) mass is 452 g/mol. The van der Waals surface area contributed by atoms with Crippen LogP contribution in [0.2, 0.25) is 0 Å². The average molecular weight is 452 g/mol. The lowest BCUT2D eigenvalue weighted by molar-refractivity contribution is 0.145. The van der Waals surface area contributed by atoms with Gasteiger partial charge in [-0.2, -0.15) is 0 Å². The molecule has 2 N–H and O–H groups in total. The van der Waals surface area contributed by atoms with Gasteiger partial charge in [-0.15, -0.1) is 37.1 Å². The van der Waals surface area contributed by atoms with Crippen LogP contribution in [-0.4, -0.2) is 63.3 Å². The van der Waals surface area contributed by atoms with Gasteiger partial charge in [-0.25, -0.2) is 0 Å². The van der Waals surface area contributed by atoms with Crippen LogP contribution in [0.15, 0.2) is 30.3 Å². The van der Waals surface area contributed by atoms with Gasteiger partial charge in [0.2, 0.25) is 0 Å². The van der Waals surface area contributed by atoms with E-state index in [0.29, 0.717) is 12.0 Å². The number of aliphatic imine (C=N–C) groups is 1. The summed E-state index contributed by atoms with van der Waals surface area (Å²) in [7, 11) is 1.80.